The molecular formula is C16H15BrO3. The molecule has 0 saturated heterocycles. The number of benzene rings is 2. The lowest BCUT2D eigenvalue weighted by Crippen LogP contribution is -2.04. The minimum atomic E-state index is 0.0570. The molecule has 0 fully saturated rings. The molecule has 0 aromatic heterocycles. The van der Waals surface area contributed by atoms with Crippen LogP contribution in [0.5, 0.6) is 11.5 Å². The van der Waals surface area contributed by atoms with Crippen molar-refractivity contribution in [3.8, 4) is 11.5 Å². The highest BCUT2D eigenvalue weighted by molar-refractivity contribution is 9.10. The van der Waals surface area contributed by atoms with Crippen molar-refractivity contribution in [2.45, 2.75) is 6.42 Å². The lowest BCUT2D eigenvalue weighted by atomic mass is 10.0. The molecule has 3 nitrogen and oxygen atoms in total. The Balaban J connectivity index is 2.17. The van der Waals surface area contributed by atoms with E-state index in [0.29, 0.717) is 17.7 Å². The van der Waals surface area contributed by atoms with Crippen molar-refractivity contribution in [2.75, 3.05) is 14.2 Å². The van der Waals surface area contributed by atoms with Gasteiger partial charge in [0.2, 0.25) is 0 Å². The summed E-state index contributed by atoms with van der Waals surface area (Å²) in [7, 11) is 3.21. The lowest BCUT2D eigenvalue weighted by Gasteiger charge is -2.07. The largest absolute Gasteiger partial charge is 0.497 e. The molecule has 0 heterocycles. The molecule has 2 aromatic carbocycles. The Hall–Kier alpha value is -1.81. The molecule has 104 valence electrons. The Bertz CT molecular complexity index is 623. The van der Waals surface area contributed by atoms with Crippen LogP contribution in [0, 0.1) is 0 Å². The lowest BCUT2D eigenvalue weighted by molar-refractivity contribution is 0.0993. The summed E-state index contributed by atoms with van der Waals surface area (Å²) in [6.07, 6.45) is 0.343. The van der Waals surface area contributed by atoms with Gasteiger partial charge in [-0.2, -0.15) is 0 Å². The third-order valence-electron chi connectivity index (χ3n) is 2.97. The summed E-state index contributed by atoms with van der Waals surface area (Å²) >= 11 is 3.39. The third-order valence-corrected chi connectivity index (χ3v) is 3.59. The smallest absolute Gasteiger partial charge is 0.167 e. The number of methoxy groups -OCH3 is 2. The van der Waals surface area contributed by atoms with Gasteiger partial charge in [0.15, 0.2) is 5.78 Å². The number of ether oxygens (including phenoxy) is 2. The third kappa shape index (κ3) is 3.39. The van der Waals surface area contributed by atoms with Crippen LogP contribution in [0.2, 0.25) is 0 Å². The van der Waals surface area contributed by atoms with E-state index in [1.165, 1.54) is 0 Å². The Morgan fingerprint density at radius 3 is 2.55 bits per heavy atom. The van der Waals surface area contributed by atoms with E-state index in [-0.39, 0.29) is 5.78 Å². The summed E-state index contributed by atoms with van der Waals surface area (Å²) in [4.78, 5) is 12.3. The standard InChI is InChI=1S/C16H15BrO3/c1-19-13-5-3-4-11(8-13)9-15(18)12-6-7-16(20-2)14(17)10-12/h3-8,10H,9H2,1-2H3. The molecule has 0 unspecified atom stereocenters. The van der Waals surface area contributed by atoms with Gasteiger partial charge < -0.3 is 9.47 Å². The van der Waals surface area contributed by atoms with Gasteiger partial charge in [-0.3, -0.25) is 4.79 Å². The van der Waals surface area contributed by atoms with Gasteiger partial charge in [0, 0.05) is 12.0 Å². The van der Waals surface area contributed by atoms with Crippen LogP contribution in [0.15, 0.2) is 46.9 Å². The van der Waals surface area contributed by atoms with Gasteiger partial charge in [-0.1, -0.05) is 12.1 Å². The quantitative estimate of drug-likeness (QED) is 0.778. The van der Waals surface area contributed by atoms with Crippen molar-refractivity contribution >= 4 is 21.7 Å². The Kier molecular flexibility index (Phi) is 4.79. The van der Waals surface area contributed by atoms with Gasteiger partial charge in [-0.15, -0.1) is 0 Å². The predicted molar refractivity (Wildman–Crippen MR) is 81.7 cm³/mol. The number of carbonyl (C=O) groups excluding carboxylic acids is 1. The van der Waals surface area contributed by atoms with E-state index < -0.39 is 0 Å². The number of ketones is 1. The molecule has 2 rings (SSSR count). The first-order valence-corrected chi connectivity index (χ1v) is 6.93. The van der Waals surface area contributed by atoms with Gasteiger partial charge >= 0.3 is 0 Å². The molecule has 0 amide bonds. The number of Topliss-reactive ketones (excluding diaryl/α,β-unsaturated/α-hetero) is 1. The monoisotopic (exact) mass is 334 g/mol. The van der Waals surface area contributed by atoms with Crippen LogP contribution < -0.4 is 9.47 Å². The maximum absolute atomic E-state index is 12.3. The van der Waals surface area contributed by atoms with Crippen molar-refractivity contribution in [1.29, 1.82) is 0 Å². The highest BCUT2D eigenvalue weighted by Gasteiger charge is 2.10. The molecule has 0 aliphatic carbocycles. The van der Waals surface area contributed by atoms with Crippen LogP contribution in [-0.2, 0) is 6.42 Å². The number of carbonyl (C=O) groups is 1. The number of halogens is 1. The van der Waals surface area contributed by atoms with Crippen molar-refractivity contribution < 1.29 is 14.3 Å². The SMILES string of the molecule is COc1cccc(CC(=O)c2ccc(OC)c(Br)c2)c1. The van der Waals surface area contributed by atoms with E-state index in [1.807, 2.05) is 24.3 Å². The van der Waals surface area contributed by atoms with Crippen LogP contribution in [-0.4, -0.2) is 20.0 Å². The molecule has 0 aliphatic rings. The number of hydrogen-bond acceptors (Lipinski definition) is 3. The minimum Gasteiger partial charge on any atom is -0.497 e. The molecular weight excluding hydrogens is 320 g/mol. The molecule has 0 radical (unpaired) electrons. The maximum atomic E-state index is 12.3. The average Bonchev–Trinajstić information content (AvgIpc) is 2.47. The molecule has 0 bridgehead atoms. The fourth-order valence-corrected chi connectivity index (χ4v) is 2.45. The number of hydrogen-bond donors (Lipinski definition) is 0. The van der Waals surface area contributed by atoms with Gasteiger partial charge in [0.25, 0.3) is 0 Å². The predicted octanol–water partition coefficient (Wildman–Crippen LogP) is 3.89. The first kappa shape index (κ1) is 14.6. The Morgan fingerprint density at radius 1 is 1.10 bits per heavy atom. The summed E-state index contributed by atoms with van der Waals surface area (Å²) < 4.78 is 11.1. The summed E-state index contributed by atoms with van der Waals surface area (Å²) in [5.41, 5.74) is 1.58. The molecule has 2 aromatic rings. The molecule has 4 heteroatoms. The summed E-state index contributed by atoms with van der Waals surface area (Å²) in [6, 6.07) is 12.9. The van der Waals surface area contributed by atoms with Gasteiger partial charge in [-0.25, -0.2) is 0 Å². The van der Waals surface area contributed by atoms with E-state index in [4.69, 9.17) is 9.47 Å². The fourth-order valence-electron chi connectivity index (χ4n) is 1.91. The zero-order valence-corrected chi connectivity index (χ0v) is 12.9. The highest BCUT2D eigenvalue weighted by atomic mass is 79.9. The first-order valence-electron chi connectivity index (χ1n) is 6.13. The normalized spacial score (nSPS) is 10.2. The van der Waals surface area contributed by atoms with Gasteiger partial charge in [0.05, 0.1) is 18.7 Å². The molecule has 0 N–H and O–H groups in total. The Labute approximate surface area is 126 Å². The molecule has 0 saturated carbocycles. The highest BCUT2D eigenvalue weighted by Crippen LogP contribution is 2.26. The molecule has 0 aliphatic heterocycles. The fraction of sp³-hybridized carbons (Fsp3) is 0.188. The minimum absolute atomic E-state index is 0.0570. The first-order chi connectivity index (χ1) is 9.63. The topological polar surface area (TPSA) is 35.5 Å². The van der Waals surface area contributed by atoms with E-state index in [1.54, 1.807) is 32.4 Å². The summed E-state index contributed by atoms with van der Waals surface area (Å²) in [5, 5.41) is 0. The van der Waals surface area contributed by atoms with Crippen LogP contribution in [0.25, 0.3) is 0 Å². The van der Waals surface area contributed by atoms with E-state index in [0.717, 1.165) is 15.8 Å². The van der Waals surface area contributed by atoms with Crippen molar-refractivity contribution in [3.63, 3.8) is 0 Å². The van der Waals surface area contributed by atoms with Crippen molar-refractivity contribution in [2.24, 2.45) is 0 Å². The van der Waals surface area contributed by atoms with E-state index >= 15 is 0 Å². The van der Waals surface area contributed by atoms with Gasteiger partial charge in [-0.05, 0) is 51.8 Å². The van der Waals surface area contributed by atoms with E-state index in [2.05, 4.69) is 15.9 Å². The zero-order valence-electron chi connectivity index (χ0n) is 11.4. The summed E-state index contributed by atoms with van der Waals surface area (Å²) in [5.74, 6) is 1.52. The van der Waals surface area contributed by atoms with Crippen LogP contribution in [0.1, 0.15) is 15.9 Å². The van der Waals surface area contributed by atoms with E-state index in [9.17, 15) is 4.79 Å². The Morgan fingerprint density at radius 2 is 1.90 bits per heavy atom. The number of rotatable bonds is 5. The maximum Gasteiger partial charge on any atom is 0.167 e. The van der Waals surface area contributed by atoms with Crippen LogP contribution in [0.4, 0.5) is 0 Å². The zero-order chi connectivity index (χ0) is 14.5. The second-order valence-electron chi connectivity index (χ2n) is 4.30. The second kappa shape index (κ2) is 6.57. The second-order valence-corrected chi connectivity index (χ2v) is 5.16. The molecule has 0 atom stereocenters. The van der Waals surface area contributed by atoms with Crippen molar-refractivity contribution in [3.05, 3.63) is 58.1 Å². The van der Waals surface area contributed by atoms with Crippen molar-refractivity contribution in [1.82, 2.24) is 0 Å². The molecule has 0 spiro atoms. The molecule has 20 heavy (non-hydrogen) atoms. The van der Waals surface area contributed by atoms with Crippen LogP contribution >= 0.6 is 15.9 Å². The average molecular weight is 335 g/mol. The summed E-state index contributed by atoms with van der Waals surface area (Å²) in [6.45, 7) is 0. The van der Waals surface area contributed by atoms with Gasteiger partial charge in [0.1, 0.15) is 11.5 Å². The van der Waals surface area contributed by atoms with Crippen LogP contribution in [0.3, 0.4) is 0 Å².